The van der Waals surface area contributed by atoms with E-state index in [-0.39, 0.29) is 0 Å². The normalized spacial score (nSPS) is 54.7. The zero-order valence-corrected chi connectivity index (χ0v) is 11.1. The van der Waals surface area contributed by atoms with Crippen LogP contribution in [0.1, 0.15) is 46.0 Å². The van der Waals surface area contributed by atoms with Crippen LogP contribution in [0.25, 0.3) is 0 Å². The maximum Gasteiger partial charge on any atom is 0.0685 e. The topological polar surface area (TPSA) is 21.3 Å². The molecule has 0 spiro atoms. The summed E-state index contributed by atoms with van der Waals surface area (Å²) in [7, 11) is 0. The lowest BCUT2D eigenvalue weighted by molar-refractivity contribution is -0.116. The highest BCUT2D eigenvalue weighted by Crippen LogP contribution is 2.53. The molecule has 96 valence electrons. The predicted molar refractivity (Wildman–Crippen MR) is 67.8 cm³/mol. The number of nitrogens with one attached hydrogen (secondary N) is 1. The summed E-state index contributed by atoms with van der Waals surface area (Å²) in [6.45, 7) is 5.78. The highest BCUT2D eigenvalue weighted by Gasteiger charge is 2.60. The van der Waals surface area contributed by atoms with Gasteiger partial charge in [-0.05, 0) is 37.5 Å². The second kappa shape index (κ2) is 3.48. The summed E-state index contributed by atoms with van der Waals surface area (Å²) >= 11 is 0. The van der Waals surface area contributed by atoms with Gasteiger partial charge < -0.3 is 10.1 Å². The molecule has 6 unspecified atom stereocenters. The zero-order chi connectivity index (χ0) is 11.6. The van der Waals surface area contributed by atoms with E-state index in [1.807, 2.05) is 0 Å². The van der Waals surface area contributed by atoms with Crippen molar-refractivity contribution in [1.29, 1.82) is 0 Å². The second-order valence-corrected chi connectivity index (χ2v) is 7.49. The van der Waals surface area contributed by atoms with E-state index in [1.165, 1.54) is 32.1 Å². The predicted octanol–water partition coefficient (Wildman–Crippen LogP) is 2.58. The average Bonchev–Trinajstić information content (AvgIpc) is 3.00. The van der Waals surface area contributed by atoms with Gasteiger partial charge in [-0.3, -0.25) is 0 Å². The molecule has 17 heavy (non-hydrogen) atoms. The first kappa shape index (κ1) is 10.8. The van der Waals surface area contributed by atoms with E-state index >= 15 is 0 Å². The van der Waals surface area contributed by atoms with Crippen LogP contribution in [0.4, 0.5) is 0 Å². The van der Waals surface area contributed by atoms with Gasteiger partial charge in [0.15, 0.2) is 0 Å². The van der Waals surface area contributed by atoms with E-state index in [4.69, 9.17) is 4.74 Å². The summed E-state index contributed by atoms with van der Waals surface area (Å²) in [6, 6.07) is 1.55. The van der Waals surface area contributed by atoms with E-state index in [9.17, 15) is 0 Å². The minimum absolute atomic E-state index is 0.364. The lowest BCUT2D eigenvalue weighted by atomic mass is 9.57. The van der Waals surface area contributed by atoms with Crippen molar-refractivity contribution in [2.24, 2.45) is 23.2 Å². The van der Waals surface area contributed by atoms with Gasteiger partial charge in [0.2, 0.25) is 0 Å². The Labute approximate surface area is 104 Å². The Balaban J connectivity index is 1.46. The first-order chi connectivity index (χ1) is 8.16. The Kier molecular flexibility index (Phi) is 2.21. The molecular weight excluding hydrogens is 210 g/mol. The van der Waals surface area contributed by atoms with Crippen molar-refractivity contribution >= 4 is 0 Å². The summed E-state index contributed by atoms with van der Waals surface area (Å²) in [5, 5.41) is 4.03. The van der Waals surface area contributed by atoms with Gasteiger partial charge in [-0.25, -0.2) is 0 Å². The minimum atomic E-state index is 0.364. The number of rotatable bonds is 2. The molecule has 2 bridgehead atoms. The Hall–Kier alpha value is -0.0800. The molecule has 0 aromatic rings. The Morgan fingerprint density at radius 2 is 2.00 bits per heavy atom. The van der Waals surface area contributed by atoms with Crippen molar-refractivity contribution in [1.82, 2.24) is 5.32 Å². The molecule has 1 heterocycles. The quantitative estimate of drug-likeness (QED) is 0.794. The molecule has 1 aliphatic heterocycles. The van der Waals surface area contributed by atoms with E-state index in [1.54, 1.807) is 0 Å². The number of fused-ring (bicyclic) bond motifs is 3. The van der Waals surface area contributed by atoms with Crippen LogP contribution in [0.3, 0.4) is 0 Å². The molecule has 0 radical (unpaired) electrons. The highest BCUT2D eigenvalue weighted by atomic mass is 16.5. The van der Waals surface area contributed by atoms with E-state index < -0.39 is 0 Å². The van der Waals surface area contributed by atoms with Gasteiger partial charge >= 0.3 is 0 Å². The van der Waals surface area contributed by atoms with Crippen molar-refractivity contribution in [2.75, 3.05) is 6.61 Å². The summed E-state index contributed by atoms with van der Waals surface area (Å²) in [5.41, 5.74) is 0.364. The van der Waals surface area contributed by atoms with Gasteiger partial charge in [-0.2, -0.15) is 0 Å². The van der Waals surface area contributed by atoms with Gasteiger partial charge in [0.05, 0.1) is 6.10 Å². The molecule has 2 heteroatoms. The molecule has 4 rings (SSSR count). The van der Waals surface area contributed by atoms with Crippen LogP contribution >= 0.6 is 0 Å². The molecule has 1 saturated heterocycles. The fourth-order valence-corrected chi connectivity index (χ4v) is 5.34. The van der Waals surface area contributed by atoms with Gasteiger partial charge in [-0.15, -0.1) is 0 Å². The fraction of sp³-hybridized carbons (Fsp3) is 1.00. The van der Waals surface area contributed by atoms with E-state index in [2.05, 4.69) is 19.2 Å². The molecule has 4 aliphatic rings. The number of hydrogen-bond acceptors (Lipinski definition) is 2. The largest absolute Gasteiger partial charge is 0.377 e. The first-order valence-corrected chi connectivity index (χ1v) is 7.54. The summed E-state index contributed by atoms with van der Waals surface area (Å²) in [4.78, 5) is 0. The molecule has 0 aromatic heterocycles. The van der Waals surface area contributed by atoms with Crippen LogP contribution in [0, 0.1) is 23.2 Å². The van der Waals surface area contributed by atoms with Crippen molar-refractivity contribution in [2.45, 2.75) is 64.1 Å². The van der Waals surface area contributed by atoms with Crippen molar-refractivity contribution in [3.05, 3.63) is 0 Å². The molecule has 6 atom stereocenters. The van der Waals surface area contributed by atoms with Gasteiger partial charge in [-0.1, -0.05) is 20.3 Å². The van der Waals surface area contributed by atoms with E-state index in [0.29, 0.717) is 11.5 Å². The first-order valence-electron chi connectivity index (χ1n) is 7.54. The van der Waals surface area contributed by atoms with Crippen LogP contribution in [0.15, 0.2) is 0 Å². The molecule has 2 nitrogen and oxygen atoms in total. The minimum Gasteiger partial charge on any atom is -0.377 e. The number of ether oxygens (including phenoxy) is 1. The molecule has 1 N–H and O–H groups in total. The Morgan fingerprint density at radius 1 is 1.12 bits per heavy atom. The van der Waals surface area contributed by atoms with Crippen LogP contribution in [0.2, 0.25) is 0 Å². The standard InChI is InChI=1S/C15H25NO/c1-15(2)13(11-5-6-17-14(11)15)16-12-8-9-3-4-10(12)7-9/h9-14,16H,3-8H2,1-2H3. The SMILES string of the molecule is CC1(C)C(NC2CC3CCC2C3)C2CCOC21. The third-order valence-electron chi connectivity index (χ3n) is 6.23. The van der Waals surface area contributed by atoms with Gasteiger partial charge in [0.1, 0.15) is 0 Å². The molecule has 0 aromatic carbocycles. The fourth-order valence-electron chi connectivity index (χ4n) is 5.34. The van der Waals surface area contributed by atoms with Crippen molar-refractivity contribution in [3.8, 4) is 0 Å². The van der Waals surface area contributed by atoms with Gasteiger partial charge in [0, 0.05) is 30.0 Å². The van der Waals surface area contributed by atoms with Crippen molar-refractivity contribution in [3.63, 3.8) is 0 Å². The molecule has 0 amide bonds. The second-order valence-electron chi connectivity index (χ2n) is 7.49. The maximum absolute atomic E-state index is 5.88. The molecule has 4 fully saturated rings. The number of hydrogen-bond donors (Lipinski definition) is 1. The maximum atomic E-state index is 5.88. The lowest BCUT2D eigenvalue weighted by Gasteiger charge is -2.56. The smallest absolute Gasteiger partial charge is 0.0685 e. The van der Waals surface area contributed by atoms with Crippen molar-refractivity contribution < 1.29 is 4.74 Å². The zero-order valence-electron chi connectivity index (χ0n) is 11.1. The summed E-state index contributed by atoms with van der Waals surface area (Å²) in [6.07, 6.45) is 7.78. The van der Waals surface area contributed by atoms with Gasteiger partial charge in [0.25, 0.3) is 0 Å². The highest BCUT2D eigenvalue weighted by molar-refractivity contribution is 5.13. The third kappa shape index (κ3) is 1.40. The molecular formula is C15H25NO. The Bertz CT molecular complexity index is 327. The van der Waals surface area contributed by atoms with Crippen LogP contribution in [-0.2, 0) is 4.74 Å². The summed E-state index contributed by atoms with van der Waals surface area (Å²) < 4.78 is 5.88. The third-order valence-corrected chi connectivity index (χ3v) is 6.23. The summed E-state index contributed by atoms with van der Waals surface area (Å²) in [5.74, 6) is 2.86. The van der Waals surface area contributed by atoms with Crippen LogP contribution < -0.4 is 5.32 Å². The lowest BCUT2D eigenvalue weighted by Crippen LogP contribution is -2.67. The molecule has 3 saturated carbocycles. The monoisotopic (exact) mass is 235 g/mol. The van der Waals surface area contributed by atoms with Crippen LogP contribution in [-0.4, -0.2) is 24.8 Å². The van der Waals surface area contributed by atoms with E-state index in [0.717, 1.165) is 36.4 Å². The molecule has 3 aliphatic carbocycles. The van der Waals surface area contributed by atoms with Crippen LogP contribution in [0.5, 0.6) is 0 Å². The Morgan fingerprint density at radius 3 is 2.71 bits per heavy atom. The average molecular weight is 235 g/mol.